The summed E-state index contributed by atoms with van der Waals surface area (Å²) in [6.07, 6.45) is 0. The first-order chi connectivity index (χ1) is 4.68. The third-order valence-electron chi connectivity index (χ3n) is 0.646. The number of rotatable bonds is 4. The number of nitrogens with two attached hydrogens (primary N) is 1. The largest absolute Gasteiger partial charge is 0.480 e. The summed E-state index contributed by atoms with van der Waals surface area (Å²) in [6.45, 7) is 0. The number of nitrogens with zero attached hydrogens (tertiary/aromatic N) is 1. The summed E-state index contributed by atoms with van der Waals surface area (Å²) in [4.78, 5) is 10.1. The van der Waals surface area contributed by atoms with Crippen LogP contribution in [0.5, 0.6) is 0 Å². The highest BCUT2D eigenvalue weighted by Crippen LogP contribution is 2.04. The Morgan fingerprint density at radius 3 is 2.82 bits per heavy atom. The summed E-state index contributed by atoms with van der Waals surface area (Å²) in [5, 5.41) is 10.5. The van der Waals surface area contributed by atoms with Gasteiger partial charge in [-0.15, -0.1) is 35.8 Å². The van der Waals surface area contributed by atoms with Crippen molar-refractivity contribution in [3.05, 3.63) is 0 Å². The van der Waals surface area contributed by atoms with Crippen molar-refractivity contribution in [2.24, 2.45) is 10.9 Å². The SMILES string of the molecule is Cl.NN=CSCC(Cl)C(=O)O. The van der Waals surface area contributed by atoms with Gasteiger partial charge in [-0.1, -0.05) is 0 Å². The molecule has 0 saturated carbocycles. The van der Waals surface area contributed by atoms with Crippen LogP contribution in [0.25, 0.3) is 0 Å². The molecular formula is C4H8Cl2N2O2S. The average molecular weight is 219 g/mol. The molecule has 4 nitrogen and oxygen atoms in total. The van der Waals surface area contributed by atoms with Gasteiger partial charge in [0.1, 0.15) is 5.38 Å². The molecule has 0 spiro atoms. The molecule has 3 N–H and O–H groups in total. The van der Waals surface area contributed by atoms with Gasteiger partial charge in [0.05, 0.1) is 5.55 Å². The molecule has 7 heteroatoms. The van der Waals surface area contributed by atoms with Crippen molar-refractivity contribution >= 4 is 47.3 Å². The zero-order chi connectivity index (χ0) is 7.98. The number of aliphatic carboxylic acids is 1. The highest BCUT2D eigenvalue weighted by atomic mass is 35.5. The van der Waals surface area contributed by atoms with Crippen molar-refractivity contribution in [2.75, 3.05) is 5.75 Å². The Bertz CT molecular complexity index is 144. The molecule has 0 aliphatic rings. The van der Waals surface area contributed by atoms with E-state index in [4.69, 9.17) is 22.6 Å². The van der Waals surface area contributed by atoms with Gasteiger partial charge >= 0.3 is 5.97 Å². The molecule has 0 amide bonds. The molecule has 0 radical (unpaired) electrons. The van der Waals surface area contributed by atoms with Crippen molar-refractivity contribution < 1.29 is 9.90 Å². The normalized spacial score (nSPS) is 12.5. The smallest absolute Gasteiger partial charge is 0.322 e. The first kappa shape index (κ1) is 13.5. The maximum absolute atomic E-state index is 10.1. The molecule has 66 valence electrons. The van der Waals surface area contributed by atoms with E-state index in [2.05, 4.69) is 5.10 Å². The van der Waals surface area contributed by atoms with Crippen LogP contribution in [0.2, 0.25) is 0 Å². The number of carboxylic acid groups (broad SMARTS) is 1. The van der Waals surface area contributed by atoms with E-state index in [9.17, 15) is 4.79 Å². The van der Waals surface area contributed by atoms with Crippen LogP contribution in [0, 0.1) is 0 Å². The van der Waals surface area contributed by atoms with E-state index in [1.165, 1.54) is 5.55 Å². The lowest BCUT2D eigenvalue weighted by Gasteiger charge is -1.97. The molecule has 0 saturated heterocycles. The number of thioether (sulfide) groups is 1. The van der Waals surface area contributed by atoms with Gasteiger partial charge in [-0.2, -0.15) is 5.10 Å². The number of hydrogen-bond acceptors (Lipinski definition) is 4. The maximum Gasteiger partial charge on any atom is 0.322 e. The highest BCUT2D eigenvalue weighted by Gasteiger charge is 2.11. The van der Waals surface area contributed by atoms with E-state index in [1.807, 2.05) is 0 Å². The second-order valence-corrected chi connectivity index (χ2v) is 2.80. The first-order valence-corrected chi connectivity index (χ1v) is 3.87. The average Bonchev–Trinajstić information content (AvgIpc) is 1.88. The van der Waals surface area contributed by atoms with Crippen molar-refractivity contribution in [1.29, 1.82) is 0 Å². The van der Waals surface area contributed by atoms with Crippen LogP contribution in [0.4, 0.5) is 0 Å². The van der Waals surface area contributed by atoms with Gasteiger partial charge in [-0.05, 0) is 0 Å². The van der Waals surface area contributed by atoms with E-state index in [-0.39, 0.29) is 18.2 Å². The molecule has 0 bridgehead atoms. The van der Waals surface area contributed by atoms with Gasteiger partial charge in [0.15, 0.2) is 0 Å². The molecule has 0 heterocycles. The molecule has 1 atom stereocenters. The van der Waals surface area contributed by atoms with Crippen molar-refractivity contribution in [3.8, 4) is 0 Å². The quantitative estimate of drug-likeness (QED) is 0.240. The van der Waals surface area contributed by atoms with Gasteiger partial charge in [-0.25, -0.2) is 0 Å². The molecule has 0 aliphatic heterocycles. The number of carboxylic acids is 1. The van der Waals surface area contributed by atoms with Gasteiger partial charge in [-0.3, -0.25) is 4.79 Å². The topological polar surface area (TPSA) is 75.7 Å². The summed E-state index contributed by atoms with van der Waals surface area (Å²) in [5.41, 5.74) is 1.35. The number of hydrogen-bond donors (Lipinski definition) is 2. The van der Waals surface area contributed by atoms with Gasteiger partial charge in [0.2, 0.25) is 0 Å². The predicted octanol–water partition coefficient (Wildman–Crippen LogP) is 0.735. The lowest BCUT2D eigenvalue weighted by molar-refractivity contribution is -0.136. The molecular weight excluding hydrogens is 211 g/mol. The fourth-order valence-corrected chi connectivity index (χ4v) is 0.944. The van der Waals surface area contributed by atoms with E-state index >= 15 is 0 Å². The fourth-order valence-electron chi connectivity index (χ4n) is 0.242. The van der Waals surface area contributed by atoms with E-state index in [0.29, 0.717) is 0 Å². The third kappa shape index (κ3) is 7.77. The zero-order valence-electron chi connectivity index (χ0n) is 5.44. The van der Waals surface area contributed by atoms with Crippen LogP contribution >= 0.6 is 35.8 Å². The van der Waals surface area contributed by atoms with E-state index < -0.39 is 11.3 Å². The Hall–Kier alpha value is -0.130. The van der Waals surface area contributed by atoms with Crippen LogP contribution in [0.15, 0.2) is 5.10 Å². The predicted molar refractivity (Wildman–Crippen MR) is 49.7 cm³/mol. The second-order valence-electron chi connectivity index (χ2n) is 1.39. The zero-order valence-corrected chi connectivity index (χ0v) is 7.83. The number of alkyl halides is 1. The molecule has 0 fully saturated rings. The lowest BCUT2D eigenvalue weighted by Crippen LogP contribution is -2.15. The Morgan fingerprint density at radius 2 is 2.45 bits per heavy atom. The molecule has 0 aliphatic carbocycles. The molecule has 0 rings (SSSR count). The first-order valence-electron chi connectivity index (χ1n) is 2.38. The van der Waals surface area contributed by atoms with Gasteiger partial charge in [0, 0.05) is 5.75 Å². The maximum atomic E-state index is 10.1. The summed E-state index contributed by atoms with van der Waals surface area (Å²) in [6, 6.07) is 0. The Morgan fingerprint density at radius 1 is 1.91 bits per heavy atom. The Kier molecular flexibility index (Phi) is 9.75. The van der Waals surface area contributed by atoms with Crippen molar-refractivity contribution in [1.82, 2.24) is 0 Å². The molecule has 1 unspecified atom stereocenters. The van der Waals surface area contributed by atoms with E-state index in [0.717, 1.165) is 11.8 Å². The number of hydrazone groups is 1. The minimum atomic E-state index is -1.03. The van der Waals surface area contributed by atoms with Crippen LogP contribution in [-0.2, 0) is 4.79 Å². The third-order valence-corrected chi connectivity index (χ3v) is 1.97. The summed E-state index contributed by atoms with van der Waals surface area (Å²) >= 11 is 6.49. The van der Waals surface area contributed by atoms with Crippen molar-refractivity contribution in [2.45, 2.75) is 5.38 Å². The minimum Gasteiger partial charge on any atom is -0.480 e. The van der Waals surface area contributed by atoms with Gasteiger partial charge in [0.25, 0.3) is 0 Å². The number of carbonyl (C=O) groups is 1. The summed E-state index contributed by atoms with van der Waals surface area (Å²) in [7, 11) is 0. The summed E-state index contributed by atoms with van der Waals surface area (Å²) < 4.78 is 0. The van der Waals surface area contributed by atoms with Crippen LogP contribution in [0.3, 0.4) is 0 Å². The number of halogens is 2. The van der Waals surface area contributed by atoms with Gasteiger partial charge < -0.3 is 10.9 Å². The van der Waals surface area contributed by atoms with Crippen LogP contribution < -0.4 is 5.84 Å². The Balaban J connectivity index is 0. The lowest BCUT2D eigenvalue weighted by atomic mass is 10.5. The minimum absolute atomic E-state index is 0. The summed E-state index contributed by atoms with van der Waals surface area (Å²) in [5.74, 6) is 4.00. The molecule has 0 aromatic rings. The molecule has 0 aromatic carbocycles. The second kappa shape index (κ2) is 7.97. The van der Waals surface area contributed by atoms with Crippen molar-refractivity contribution in [3.63, 3.8) is 0 Å². The fraction of sp³-hybridized carbons (Fsp3) is 0.500. The molecule has 11 heavy (non-hydrogen) atoms. The van der Waals surface area contributed by atoms with E-state index in [1.54, 1.807) is 0 Å². The monoisotopic (exact) mass is 218 g/mol. The van der Waals surface area contributed by atoms with Crippen LogP contribution in [-0.4, -0.2) is 27.8 Å². The highest BCUT2D eigenvalue weighted by molar-refractivity contribution is 8.12. The standard InChI is InChI=1S/C4H7ClN2O2S.ClH/c5-3(4(8)9)1-10-2-7-6;/h2-3H,1,6H2,(H,8,9);1H. The van der Waals surface area contributed by atoms with Crippen LogP contribution in [0.1, 0.15) is 0 Å². The Labute approximate surface area is 79.6 Å². The molecule has 0 aromatic heterocycles.